The molecule has 2 N–H and O–H groups in total. The van der Waals surface area contributed by atoms with Crippen molar-refractivity contribution < 1.29 is 10.2 Å². The molecule has 2 rings (SSSR count). The quantitative estimate of drug-likeness (QED) is 0.838. The molecule has 0 bridgehead atoms. The van der Waals surface area contributed by atoms with Gasteiger partial charge in [-0.2, -0.15) is 9.61 Å². The third-order valence-electron chi connectivity index (χ3n) is 3.25. The Bertz CT molecular complexity index is 594. The zero-order valence-corrected chi connectivity index (χ0v) is 11.8. The van der Waals surface area contributed by atoms with Crippen molar-refractivity contribution in [3.8, 4) is 0 Å². The molecule has 2 aromatic rings. The first-order valence-electron chi connectivity index (χ1n) is 6.27. The number of aliphatic hydroxyl groups excluding tert-OH is 2. The monoisotopic (exact) mass is 264 g/mol. The lowest BCUT2D eigenvalue weighted by atomic mass is 10.3. The Morgan fingerprint density at radius 2 is 2.05 bits per heavy atom. The lowest BCUT2D eigenvalue weighted by molar-refractivity contribution is 0.101. The van der Waals surface area contributed by atoms with E-state index in [4.69, 9.17) is 5.11 Å². The second-order valence-electron chi connectivity index (χ2n) is 4.92. The fraction of sp³-hybridized carbons (Fsp3) is 0.538. The summed E-state index contributed by atoms with van der Waals surface area (Å²) in [6, 6.07) is 1.92. The van der Waals surface area contributed by atoms with Crippen molar-refractivity contribution in [2.45, 2.75) is 26.9 Å². The highest BCUT2D eigenvalue weighted by Crippen LogP contribution is 2.20. The summed E-state index contributed by atoms with van der Waals surface area (Å²) < 4.78 is 1.78. The van der Waals surface area contributed by atoms with Gasteiger partial charge in [-0.1, -0.05) is 0 Å². The largest absolute Gasteiger partial charge is 0.394 e. The topological polar surface area (TPSA) is 73.9 Å². The van der Waals surface area contributed by atoms with Crippen molar-refractivity contribution >= 4 is 11.5 Å². The van der Waals surface area contributed by atoms with Crippen molar-refractivity contribution in [1.29, 1.82) is 0 Å². The molecule has 0 saturated carbocycles. The Morgan fingerprint density at radius 1 is 1.37 bits per heavy atom. The number of fused-ring (bicyclic) bond motifs is 1. The number of aromatic nitrogens is 3. The molecule has 0 aliphatic heterocycles. The minimum absolute atomic E-state index is 0.255. The van der Waals surface area contributed by atoms with Gasteiger partial charge >= 0.3 is 0 Å². The maximum atomic E-state index is 9.55. The minimum Gasteiger partial charge on any atom is -0.394 e. The van der Waals surface area contributed by atoms with E-state index in [1.807, 2.05) is 38.8 Å². The first-order valence-corrected chi connectivity index (χ1v) is 6.27. The summed E-state index contributed by atoms with van der Waals surface area (Å²) in [5.41, 5.74) is 3.73. The Balaban J connectivity index is 2.50. The van der Waals surface area contributed by atoms with Crippen LogP contribution in [-0.2, 0) is 0 Å². The summed E-state index contributed by atoms with van der Waals surface area (Å²) in [4.78, 5) is 6.37. The summed E-state index contributed by atoms with van der Waals surface area (Å²) in [6.07, 6.45) is -0.772. The van der Waals surface area contributed by atoms with Gasteiger partial charge in [-0.25, -0.2) is 4.98 Å². The number of hydrogen-bond donors (Lipinski definition) is 2. The minimum atomic E-state index is -0.772. The average molecular weight is 264 g/mol. The number of aliphatic hydroxyl groups is 2. The predicted octanol–water partition coefficient (Wildman–Crippen LogP) is 0.444. The van der Waals surface area contributed by atoms with Gasteiger partial charge in [0.2, 0.25) is 0 Å². The van der Waals surface area contributed by atoms with Crippen LogP contribution >= 0.6 is 0 Å². The van der Waals surface area contributed by atoms with Gasteiger partial charge in [-0.05, 0) is 20.8 Å². The van der Waals surface area contributed by atoms with E-state index in [1.54, 1.807) is 4.52 Å². The predicted molar refractivity (Wildman–Crippen MR) is 73.6 cm³/mol. The molecule has 19 heavy (non-hydrogen) atoms. The molecule has 2 aromatic heterocycles. The van der Waals surface area contributed by atoms with Crippen LogP contribution in [0.5, 0.6) is 0 Å². The highest BCUT2D eigenvalue weighted by atomic mass is 16.3. The molecule has 0 aliphatic carbocycles. The first kappa shape index (κ1) is 13.8. The Hall–Kier alpha value is -1.66. The van der Waals surface area contributed by atoms with Crippen molar-refractivity contribution in [2.75, 3.05) is 25.1 Å². The number of anilines is 1. The molecule has 0 saturated heterocycles. The van der Waals surface area contributed by atoms with Crippen molar-refractivity contribution in [3.63, 3.8) is 0 Å². The van der Waals surface area contributed by atoms with E-state index in [0.29, 0.717) is 6.54 Å². The summed E-state index contributed by atoms with van der Waals surface area (Å²) >= 11 is 0. The van der Waals surface area contributed by atoms with Crippen molar-refractivity contribution in [3.05, 3.63) is 23.0 Å². The van der Waals surface area contributed by atoms with Gasteiger partial charge in [-0.15, -0.1) is 0 Å². The van der Waals surface area contributed by atoms with Gasteiger partial charge in [0, 0.05) is 30.9 Å². The molecular formula is C13H20N4O2. The summed E-state index contributed by atoms with van der Waals surface area (Å²) in [5.74, 6) is 0.853. The van der Waals surface area contributed by atoms with Crippen LogP contribution in [0.25, 0.3) is 5.65 Å². The molecule has 0 spiro atoms. The zero-order chi connectivity index (χ0) is 14.2. The second-order valence-corrected chi connectivity index (χ2v) is 4.92. The van der Waals surface area contributed by atoms with Crippen LogP contribution in [0.1, 0.15) is 17.0 Å². The third kappa shape index (κ3) is 2.54. The van der Waals surface area contributed by atoms with Crippen molar-refractivity contribution in [1.82, 2.24) is 14.6 Å². The standard InChI is InChI=1S/C13H20N4O2/c1-8-5-12(16(4)6-11(19)7-18)17-13(14-8)9(2)10(3)15-17/h5,11,18-19H,6-7H2,1-4H3/t11-/m0/s1. The lowest BCUT2D eigenvalue weighted by Crippen LogP contribution is -2.32. The van der Waals surface area contributed by atoms with Gasteiger partial charge in [0.1, 0.15) is 5.82 Å². The smallest absolute Gasteiger partial charge is 0.160 e. The molecule has 0 aromatic carbocycles. The molecule has 104 valence electrons. The number of nitrogens with zero attached hydrogens (tertiary/aromatic N) is 4. The van der Waals surface area contributed by atoms with Crippen LogP contribution in [0.2, 0.25) is 0 Å². The first-order chi connectivity index (χ1) is 8.93. The van der Waals surface area contributed by atoms with E-state index in [2.05, 4.69) is 10.1 Å². The summed E-state index contributed by atoms with van der Waals surface area (Å²) in [7, 11) is 1.86. The molecule has 0 aliphatic rings. The highest BCUT2D eigenvalue weighted by Gasteiger charge is 2.15. The van der Waals surface area contributed by atoms with Gasteiger partial charge in [0.05, 0.1) is 18.4 Å². The van der Waals surface area contributed by atoms with E-state index in [9.17, 15) is 5.11 Å². The fourth-order valence-corrected chi connectivity index (χ4v) is 2.07. The molecule has 6 heteroatoms. The normalized spacial score (nSPS) is 12.9. The number of likely N-dealkylation sites (N-methyl/N-ethyl adjacent to an activating group) is 1. The summed E-state index contributed by atoms with van der Waals surface area (Å²) in [6.45, 7) is 5.96. The SMILES string of the molecule is Cc1cc(N(C)C[C@H](O)CO)n2nc(C)c(C)c2n1. The van der Waals surface area contributed by atoms with Crippen LogP contribution in [0.15, 0.2) is 6.07 Å². The number of aryl methyl sites for hydroxylation is 3. The van der Waals surface area contributed by atoms with E-state index in [-0.39, 0.29) is 6.61 Å². The molecular weight excluding hydrogens is 244 g/mol. The Kier molecular flexibility index (Phi) is 3.73. The van der Waals surface area contributed by atoms with E-state index in [0.717, 1.165) is 28.4 Å². The van der Waals surface area contributed by atoms with E-state index < -0.39 is 6.10 Å². The third-order valence-corrected chi connectivity index (χ3v) is 3.25. The second kappa shape index (κ2) is 5.14. The average Bonchev–Trinajstić information content (AvgIpc) is 2.65. The van der Waals surface area contributed by atoms with Gasteiger partial charge < -0.3 is 15.1 Å². The van der Waals surface area contributed by atoms with Crippen LogP contribution < -0.4 is 4.90 Å². The highest BCUT2D eigenvalue weighted by molar-refractivity contribution is 5.56. The lowest BCUT2D eigenvalue weighted by Gasteiger charge is -2.22. The van der Waals surface area contributed by atoms with Crippen LogP contribution in [0.4, 0.5) is 5.82 Å². The molecule has 0 fully saturated rings. The van der Waals surface area contributed by atoms with Crippen LogP contribution in [-0.4, -0.2) is 51.1 Å². The van der Waals surface area contributed by atoms with Gasteiger partial charge in [0.15, 0.2) is 5.65 Å². The Morgan fingerprint density at radius 3 is 2.68 bits per heavy atom. The molecule has 1 atom stereocenters. The Labute approximate surface area is 112 Å². The van der Waals surface area contributed by atoms with E-state index >= 15 is 0 Å². The zero-order valence-electron chi connectivity index (χ0n) is 11.8. The van der Waals surface area contributed by atoms with Gasteiger partial charge in [0.25, 0.3) is 0 Å². The number of hydrogen-bond acceptors (Lipinski definition) is 5. The number of rotatable bonds is 4. The van der Waals surface area contributed by atoms with Crippen LogP contribution in [0.3, 0.4) is 0 Å². The van der Waals surface area contributed by atoms with Crippen LogP contribution in [0, 0.1) is 20.8 Å². The molecule has 0 amide bonds. The van der Waals surface area contributed by atoms with Crippen molar-refractivity contribution in [2.24, 2.45) is 0 Å². The molecule has 2 heterocycles. The fourth-order valence-electron chi connectivity index (χ4n) is 2.07. The molecule has 6 nitrogen and oxygen atoms in total. The molecule has 0 unspecified atom stereocenters. The van der Waals surface area contributed by atoms with E-state index in [1.165, 1.54) is 0 Å². The maximum absolute atomic E-state index is 9.55. The summed E-state index contributed by atoms with van der Waals surface area (Å²) in [5, 5.41) is 23.0. The molecule has 0 radical (unpaired) electrons. The van der Waals surface area contributed by atoms with Gasteiger partial charge in [-0.3, -0.25) is 0 Å². The maximum Gasteiger partial charge on any atom is 0.160 e.